The Labute approximate surface area is 286 Å². The molecule has 7 nitrogen and oxygen atoms in total. The molecule has 1 fully saturated rings. The lowest BCUT2D eigenvalue weighted by molar-refractivity contribution is -0.268. The molecule has 1 aliphatic heterocycles. The van der Waals surface area contributed by atoms with Crippen molar-refractivity contribution >= 4 is 21.4 Å². The van der Waals surface area contributed by atoms with Crippen molar-refractivity contribution in [1.82, 2.24) is 0 Å². The van der Waals surface area contributed by atoms with Crippen molar-refractivity contribution in [3.05, 3.63) is 64.5 Å². The second kappa shape index (κ2) is 21.1. The number of ether oxygens (including phenoxy) is 6. The molecule has 1 aliphatic rings. The van der Waals surface area contributed by atoms with Crippen molar-refractivity contribution in [2.45, 2.75) is 116 Å². The summed E-state index contributed by atoms with van der Waals surface area (Å²) >= 11 is 1.80. The van der Waals surface area contributed by atoms with Gasteiger partial charge in [0.05, 0.1) is 13.2 Å². The Morgan fingerprint density at radius 1 is 0.723 bits per heavy atom. The summed E-state index contributed by atoms with van der Waals surface area (Å²) in [5, 5.41) is 10.8. The van der Waals surface area contributed by atoms with E-state index in [4.69, 9.17) is 28.4 Å². The second-order valence-corrected chi connectivity index (χ2v) is 13.6. The van der Waals surface area contributed by atoms with Crippen LogP contribution in [0.4, 0.5) is 0 Å². The third-order valence-electron chi connectivity index (χ3n) is 8.59. The van der Waals surface area contributed by atoms with Crippen LogP contribution in [0.1, 0.15) is 101 Å². The summed E-state index contributed by atoms with van der Waals surface area (Å²) < 4.78 is 40.6. The molecule has 0 radical (unpaired) electrons. The number of hydrogen-bond acceptors (Lipinski definition) is 8. The molecule has 0 saturated carbocycles. The van der Waals surface area contributed by atoms with E-state index in [1.165, 1.54) is 15.0 Å². The summed E-state index contributed by atoms with van der Waals surface area (Å²) in [6.07, 6.45) is 7.22. The van der Waals surface area contributed by atoms with E-state index in [0.29, 0.717) is 39.5 Å². The molecule has 5 atom stereocenters. The predicted octanol–water partition coefficient (Wildman–Crippen LogP) is 8.68. The second-order valence-electron chi connectivity index (χ2n) is 12.5. The fourth-order valence-corrected chi connectivity index (χ4v) is 7.04. The first-order chi connectivity index (χ1) is 23.1. The van der Waals surface area contributed by atoms with E-state index >= 15 is 0 Å². The van der Waals surface area contributed by atoms with Gasteiger partial charge in [0.15, 0.2) is 0 Å². The Morgan fingerprint density at radius 2 is 1.38 bits per heavy atom. The normalized spacial score (nSPS) is 21.4. The van der Waals surface area contributed by atoms with Crippen LogP contribution in [0.25, 0.3) is 10.1 Å². The fraction of sp³-hybridized carbons (Fsp3) is 0.641. The highest BCUT2D eigenvalue weighted by Gasteiger charge is 2.48. The molecule has 1 aromatic heterocycles. The van der Waals surface area contributed by atoms with Gasteiger partial charge in [-0.05, 0) is 66.5 Å². The molecular formula is C39H58O7S. The molecule has 262 valence electrons. The van der Waals surface area contributed by atoms with Gasteiger partial charge in [0, 0.05) is 42.4 Å². The zero-order valence-corrected chi connectivity index (χ0v) is 29.9. The molecule has 2 heterocycles. The number of fused-ring (bicyclic) bond motifs is 1. The molecule has 1 N–H and O–H groups in total. The van der Waals surface area contributed by atoms with E-state index in [0.717, 1.165) is 68.2 Å². The maximum absolute atomic E-state index is 9.56. The molecule has 47 heavy (non-hydrogen) atoms. The molecule has 0 amide bonds. The highest BCUT2D eigenvalue weighted by atomic mass is 32.1. The van der Waals surface area contributed by atoms with Crippen molar-refractivity contribution in [3.63, 3.8) is 0 Å². The van der Waals surface area contributed by atoms with Gasteiger partial charge in [-0.2, -0.15) is 0 Å². The van der Waals surface area contributed by atoms with Crippen LogP contribution < -0.4 is 4.74 Å². The van der Waals surface area contributed by atoms with Crippen molar-refractivity contribution in [2.24, 2.45) is 0 Å². The average Bonchev–Trinajstić information content (AvgIpc) is 3.50. The van der Waals surface area contributed by atoms with Crippen LogP contribution >= 0.6 is 11.3 Å². The molecule has 0 bridgehead atoms. The number of thiophene rings is 1. The first-order valence-electron chi connectivity index (χ1n) is 18.0. The lowest BCUT2D eigenvalue weighted by Crippen LogP contribution is -2.58. The smallest absolute Gasteiger partial charge is 0.122 e. The topological polar surface area (TPSA) is 75.6 Å². The molecule has 0 aliphatic carbocycles. The third kappa shape index (κ3) is 11.2. The van der Waals surface area contributed by atoms with Gasteiger partial charge < -0.3 is 33.5 Å². The van der Waals surface area contributed by atoms with Gasteiger partial charge in [0.1, 0.15) is 42.9 Å². The number of aliphatic hydroxyl groups is 1. The fourth-order valence-electron chi connectivity index (χ4n) is 5.95. The van der Waals surface area contributed by atoms with E-state index in [9.17, 15) is 5.11 Å². The standard InChI is InChI=1S/C39H58O7S/c1-5-9-20-41-28-34-37(43-21-10-6-2)39(45-23-12-8-4)38(44-22-11-7-3)36(46-34)30-17-18-33(42-24-19-40)31(25-30)27-32-26-29-15-13-14-16-35(29)47-32/h13-18,25-26,34,36-40H,5-12,19-24,27-28H2,1-4H3/t34?,36-,37+,38-,39-/m0/s1. The minimum Gasteiger partial charge on any atom is -0.491 e. The summed E-state index contributed by atoms with van der Waals surface area (Å²) in [4.78, 5) is 1.25. The zero-order valence-electron chi connectivity index (χ0n) is 29.1. The molecule has 3 aromatic rings. The van der Waals surface area contributed by atoms with Crippen LogP contribution in [0, 0.1) is 0 Å². The van der Waals surface area contributed by atoms with Gasteiger partial charge in [0.25, 0.3) is 0 Å². The number of rotatable bonds is 23. The van der Waals surface area contributed by atoms with Crippen molar-refractivity contribution in [3.8, 4) is 5.75 Å². The summed E-state index contributed by atoms with van der Waals surface area (Å²) in [6, 6.07) is 17.0. The van der Waals surface area contributed by atoms with Crippen molar-refractivity contribution in [1.29, 1.82) is 0 Å². The Bertz CT molecular complexity index is 1250. The predicted molar refractivity (Wildman–Crippen MR) is 191 cm³/mol. The Kier molecular flexibility index (Phi) is 17.0. The molecule has 8 heteroatoms. The number of hydrogen-bond donors (Lipinski definition) is 1. The van der Waals surface area contributed by atoms with Gasteiger partial charge in [-0.1, -0.05) is 77.6 Å². The molecule has 0 spiro atoms. The molecule has 4 rings (SSSR count). The molecule has 2 aromatic carbocycles. The van der Waals surface area contributed by atoms with Crippen LogP contribution in [0.15, 0.2) is 48.5 Å². The molecule has 1 saturated heterocycles. The lowest BCUT2D eigenvalue weighted by Gasteiger charge is -2.46. The first-order valence-corrected chi connectivity index (χ1v) is 18.9. The Hall–Kier alpha value is -2.04. The van der Waals surface area contributed by atoms with Gasteiger partial charge >= 0.3 is 0 Å². The van der Waals surface area contributed by atoms with E-state index in [2.05, 4.69) is 70.2 Å². The highest BCUT2D eigenvalue weighted by Crippen LogP contribution is 2.40. The van der Waals surface area contributed by atoms with Gasteiger partial charge in [-0.3, -0.25) is 0 Å². The Balaban J connectivity index is 1.72. The summed E-state index contributed by atoms with van der Waals surface area (Å²) in [7, 11) is 0. The largest absolute Gasteiger partial charge is 0.491 e. The van der Waals surface area contributed by atoms with Crippen LogP contribution in [0.5, 0.6) is 5.75 Å². The minimum atomic E-state index is -0.377. The number of benzene rings is 2. The summed E-state index contributed by atoms with van der Waals surface area (Å²) in [6.45, 7) is 12.0. The van der Waals surface area contributed by atoms with Gasteiger partial charge in [-0.25, -0.2) is 0 Å². The van der Waals surface area contributed by atoms with E-state index in [1.54, 1.807) is 11.3 Å². The first kappa shape index (κ1) is 37.8. The minimum absolute atomic E-state index is 0.0426. The van der Waals surface area contributed by atoms with Crippen molar-refractivity contribution < 1.29 is 33.5 Å². The number of aliphatic hydroxyl groups excluding tert-OH is 1. The van der Waals surface area contributed by atoms with E-state index in [1.807, 2.05) is 6.07 Å². The Morgan fingerprint density at radius 3 is 2.06 bits per heavy atom. The SMILES string of the molecule is CCCCOCC1O[C@@H](c2ccc(OCCO)c(Cc3cc4ccccc4s3)c2)[C@H](OCCCC)[C@@H](OCCCC)[C@@H]1OCCCC. The quantitative estimate of drug-likeness (QED) is 0.101. The monoisotopic (exact) mass is 670 g/mol. The molecular weight excluding hydrogens is 612 g/mol. The van der Waals surface area contributed by atoms with Gasteiger partial charge in [0.2, 0.25) is 0 Å². The summed E-state index contributed by atoms with van der Waals surface area (Å²) in [5.74, 6) is 0.774. The van der Waals surface area contributed by atoms with E-state index < -0.39 is 0 Å². The average molecular weight is 671 g/mol. The number of unbranched alkanes of at least 4 members (excludes halogenated alkanes) is 4. The maximum atomic E-state index is 9.56. The van der Waals surface area contributed by atoms with E-state index in [-0.39, 0.29) is 43.7 Å². The van der Waals surface area contributed by atoms with Gasteiger partial charge in [-0.15, -0.1) is 11.3 Å². The zero-order chi connectivity index (χ0) is 33.3. The third-order valence-corrected chi connectivity index (χ3v) is 9.70. The lowest BCUT2D eigenvalue weighted by atomic mass is 9.89. The maximum Gasteiger partial charge on any atom is 0.122 e. The van der Waals surface area contributed by atoms with Crippen LogP contribution in [0.3, 0.4) is 0 Å². The molecule has 1 unspecified atom stereocenters. The van der Waals surface area contributed by atoms with Crippen molar-refractivity contribution in [2.75, 3.05) is 46.2 Å². The van der Waals surface area contributed by atoms with Crippen LogP contribution in [0.2, 0.25) is 0 Å². The van der Waals surface area contributed by atoms with Crippen LogP contribution in [-0.2, 0) is 30.1 Å². The highest BCUT2D eigenvalue weighted by molar-refractivity contribution is 7.19. The van der Waals surface area contributed by atoms with Crippen LogP contribution in [-0.4, -0.2) is 75.8 Å². The summed E-state index contributed by atoms with van der Waals surface area (Å²) in [5.41, 5.74) is 2.08.